The number of halogens is 1. The summed E-state index contributed by atoms with van der Waals surface area (Å²) in [6.45, 7) is 6.64. The Morgan fingerprint density at radius 2 is 1.95 bits per heavy atom. The number of rotatable bonds is 4. The highest BCUT2D eigenvalue weighted by Crippen LogP contribution is 2.23. The van der Waals surface area contributed by atoms with Gasteiger partial charge in [0.1, 0.15) is 0 Å². The SMILES string of the molecule is Cc1ccc(C(C)NCc2cccc(F)c2O)c(C)c1. The van der Waals surface area contributed by atoms with Crippen molar-refractivity contribution in [1.82, 2.24) is 5.32 Å². The molecule has 106 valence electrons. The molecule has 0 saturated heterocycles. The molecule has 1 atom stereocenters. The number of para-hydroxylation sites is 1. The predicted octanol–water partition coefficient (Wildman–Crippen LogP) is 4.00. The first kappa shape index (κ1) is 14.5. The molecule has 0 saturated carbocycles. The van der Waals surface area contributed by atoms with Crippen LogP contribution in [0.25, 0.3) is 0 Å². The van der Waals surface area contributed by atoms with E-state index in [1.165, 1.54) is 22.8 Å². The minimum atomic E-state index is -0.580. The summed E-state index contributed by atoms with van der Waals surface area (Å²) in [6, 6.07) is 11.1. The summed E-state index contributed by atoms with van der Waals surface area (Å²) in [6.07, 6.45) is 0. The van der Waals surface area contributed by atoms with Gasteiger partial charge < -0.3 is 10.4 Å². The molecule has 0 spiro atoms. The van der Waals surface area contributed by atoms with E-state index >= 15 is 0 Å². The maximum absolute atomic E-state index is 13.3. The van der Waals surface area contributed by atoms with Crippen molar-refractivity contribution in [1.29, 1.82) is 0 Å². The lowest BCUT2D eigenvalue weighted by molar-refractivity contribution is 0.420. The van der Waals surface area contributed by atoms with E-state index in [9.17, 15) is 9.50 Å². The molecule has 20 heavy (non-hydrogen) atoms. The summed E-state index contributed by atoms with van der Waals surface area (Å²) in [7, 11) is 0. The average molecular weight is 273 g/mol. The van der Waals surface area contributed by atoms with Crippen LogP contribution in [0.4, 0.5) is 4.39 Å². The van der Waals surface area contributed by atoms with Gasteiger partial charge in [-0.2, -0.15) is 0 Å². The van der Waals surface area contributed by atoms with Crippen molar-refractivity contribution in [3.63, 3.8) is 0 Å². The molecule has 0 heterocycles. The second-order valence-corrected chi connectivity index (χ2v) is 5.21. The van der Waals surface area contributed by atoms with E-state index in [0.717, 1.165) is 0 Å². The number of hydrogen-bond donors (Lipinski definition) is 2. The topological polar surface area (TPSA) is 32.3 Å². The third kappa shape index (κ3) is 3.17. The van der Waals surface area contributed by atoms with Gasteiger partial charge in [-0.3, -0.25) is 0 Å². The van der Waals surface area contributed by atoms with Gasteiger partial charge in [0.05, 0.1) is 0 Å². The number of benzene rings is 2. The normalized spacial score (nSPS) is 12.4. The van der Waals surface area contributed by atoms with E-state index in [1.54, 1.807) is 12.1 Å². The van der Waals surface area contributed by atoms with Crippen LogP contribution in [0.5, 0.6) is 5.75 Å². The zero-order chi connectivity index (χ0) is 14.7. The molecule has 2 aromatic carbocycles. The van der Waals surface area contributed by atoms with Crippen LogP contribution < -0.4 is 5.32 Å². The molecule has 0 fully saturated rings. The highest BCUT2D eigenvalue weighted by atomic mass is 19.1. The minimum Gasteiger partial charge on any atom is -0.505 e. The van der Waals surface area contributed by atoms with Crippen LogP contribution >= 0.6 is 0 Å². The molecule has 0 bridgehead atoms. The van der Waals surface area contributed by atoms with Gasteiger partial charge in [-0.1, -0.05) is 35.9 Å². The monoisotopic (exact) mass is 273 g/mol. The van der Waals surface area contributed by atoms with Crippen LogP contribution in [0, 0.1) is 19.7 Å². The first-order chi connectivity index (χ1) is 9.49. The molecule has 0 aliphatic carbocycles. The number of hydrogen-bond acceptors (Lipinski definition) is 2. The Balaban J connectivity index is 2.08. The number of phenolic OH excluding ortho intramolecular Hbond substituents is 1. The molecule has 0 aliphatic rings. The summed E-state index contributed by atoms with van der Waals surface area (Å²) >= 11 is 0. The summed E-state index contributed by atoms with van der Waals surface area (Å²) in [5.41, 5.74) is 4.25. The lowest BCUT2D eigenvalue weighted by Crippen LogP contribution is -2.19. The van der Waals surface area contributed by atoms with E-state index in [4.69, 9.17) is 0 Å². The zero-order valence-electron chi connectivity index (χ0n) is 12.1. The molecule has 2 N–H and O–H groups in total. The van der Waals surface area contributed by atoms with Crippen molar-refractivity contribution in [2.75, 3.05) is 0 Å². The smallest absolute Gasteiger partial charge is 0.165 e. The molecule has 2 nitrogen and oxygen atoms in total. The summed E-state index contributed by atoms with van der Waals surface area (Å²) in [5, 5.41) is 13.0. The Morgan fingerprint density at radius 3 is 2.65 bits per heavy atom. The van der Waals surface area contributed by atoms with Gasteiger partial charge in [-0.05, 0) is 38.0 Å². The molecule has 0 radical (unpaired) electrons. The quantitative estimate of drug-likeness (QED) is 0.882. The lowest BCUT2D eigenvalue weighted by atomic mass is 10.00. The molecule has 0 aromatic heterocycles. The highest BCUT2D eigenvalue weighted by molar-refractivity contribution is 5.35. The van der Waals surface area contributed by atoms with Crippen molar-refractivity contribution < 1.29 is 9.50 Å². The molecule has 2 rings (SSSR count). The fourth-order valence-electron chi connectivity index (χ4n) is 2.39. The molecular weight excluding hydrogens is 253 g/mol. The Morgan fingerprint density at radius 1 is 1.20 bits per heavy atom. The Kier molecular flexibility index (Phi) is 4.40. The Hall–Kier alpha value is -1.87. The van der Waals surface area contributed by atoms with Gasteiger partial charge in [-0.25, -0.2) is 4.39 Å². The van der Waals surface area contributed by atoms with Crippen LogP contribution in [0.1, 0.15) is 35.2 Å². The first-order valence-corrected chi connectivity index (χ1v) is 6.76. The van der Waals surface area contributed by atoms with Gasteiger partial charge in [0.25, 0.3) is 0 Å². The number of nitrogens with one attached hydrogen (secondary N) is 1. The number of aromatic hydroxyl groups is 1. The summed E-state index contributed by atoms with van der Waals surface area (Å²) in [4.78, 5) is 0. The second-order valence-electron chi connectivity index (χ2n) is 5.21. The van der Waals surface area contributed by atoms with Gasteiger partial charge in [-0.15, -0.1) is 0 Å². The molecular formula is C17H20FNO. The van der Waals surface area contributed by atoms with Crippen molar-refractivity contribution in [3.8, 4) is 5.75 Å². The molecule has 2 aromatic rings. The van der Waals surface area contributed by atoms with Crippen LogP contribution in [0.2, 0.25) is 0 Å². The van der Waals surface area contributed by atoms with E-state index in [-0.39, 0.29) is 11.8 Å². The third-order valence-electron chi connectivity index (χ3n) is 3.56. The summed E-state index contributed by atoms with van der Waals surface area (Å²) < 4.78 is 13.3. The van der Waals surface area contributed by atoms with Crippen molar-refractivity contribution in [2.45, 2.75) is 33.4 Å². The largest absolute Gasteiger partial charge is 0.505 e. The van der Waals surface area contributed by atoms with Gasteiger partial charge in [0.15, 0.2) is 11.6 Å². The van der Waals surface area contributed by atoms with Crippen LogP contribution in [-0.2, 0) is 6.54 Å². The minimum absolute atomic E-state index is 0.137. The van der Waals surface area contributed by atoms with Crippen LogP contribution in [0.15, 0.2) is 36.4 Å². The summed E-state index contributed by atoms with van der Waals surface area (Å²) in [5.74, 6) is -0.851. The third-order valence-corrected chi connectivity index (χ3v) is 3.56. The molecule has 3 heteroatoms. The van der Waals surface area contributed by atoms with Crippen LogP contribution in [0.3, 0.4) is 0 Å². The maximum Gasteiger partial charge on any atom is 0.165 e. The predicted molar refractivity (Wildman–Crippen MR) is 79.2 cm³/mol. The van der Waals surface area contributed by atoms with Gasteiger partial charge in [0.2, 0.25) is 0 Å². The molecule has 1 unspecified atom stereocenters. The Bertz CT molecular complexity index is 610. The Labute approximate surface area is 119 Å². The maximum atomic E-state index is 13.3. The van der Waals surface area contributed by atoms with E-state index in [2.05, 4.69) is 44.3 Å². The van der Waals surface area contributed by atoms with Crippen molar-refractivity contribution >= 4 is 0 Å². The second kappa shape index (κ2) is 6.06. The fraction of sp³-hybridized carbons (Fsp3) is 0.294. The fourth-order valence-corrected chi connectivity index (χ4v) is 2.39. The van der Waals surface area contributed by atoms with E-state index in [1.807, 2.05) is 0 Å². The highest BCUT2D eigenvalue weighted by Gasteiger charge is 2.10. The van der Waals surface area contributed by atoms with E-state index in [0.29, 0.717) is 12.1 Å². The lowest BCUT2D eigenvalue weighted by Gasteiger charge is -2.17. The standard InChI is InChI=1S/C17H20FNO/c1-11-7-8-15(12(2)9-11)13(3)19-10-14-5-4-6-16(18)17(14)20/h4-9,13,19-20H,10H2,1-3H3. The molecule has 0 amide bonds. The van der Waals surface area contributed by atoms with Crippen molar-refractivity contribution in [2.24, 2.45) is 0 Å². The number of phenols is 1. The number of aryl methyl sites for hydroxylation is 2. The van der Waals surface area contributed by atoms with Gasteiger partial charge in [0, 0.05) is 18.2 Å². The van der Waals surface area contributed by atoms with E-state index < -0.39 is 5.82 Å². The van der Waals surface area contributed by atoms with Gasteiger partial charge >= 0.3 is 0 Å². The zero-order valence-corrected chi connectivity index (χ0v) is 12.1. The first-order valence-electron chi connectivity index (χ1n) is 6.76. The average Bonchev–Trinajstić information content (AvgIpc) is 2.40. The van der Waals surface area contributed by atoms with Crippen molar-refractivity contribution in [3.05, 3.63) is 64.5 Å². The van der Waals surface area contributed by atoms with Crippen LogP contribution in [-0.4, -0.2) is 5.11 Å². The molecule has 0 aliphatic heterocycles.